The summed E-state index contributed by atoms with van der Waals surface area (Å²) >= 11 is 0. The Hall–Kier alpha value is -2.70. The van der Waals surface area contributed by atoms with Gasteiger partial charge in [0.15, 0.2) is 0 Å². The van der Waals surface area contributed by atoms with Crippen LogP contribution in [0.5, 0.6) is 11.5 Å². The minimum Gasteiger partial charge on any atom is -0.507 e. The number of phenolic OH excluding ortho intramolecular Hbond substituents is 1. The summed E-state index contributed by atoms with van der Waals surface area (Å²) in [5.74, 6) is 0.474. The van der Waals surface area contributed by atoms with Gasteiger partial charge in [-0.15, -0.1) is 0 Å². The molecule has 0 amide bonds. The van der Waals surface area contributed by atoms with Crippen LogP contribution in [0, 0.1) is 0 Å². The zero-order valence-electron chi connectivity index (χ0n) is 14.0. The molecule has 0 spiro atoms. The Labute approximate surface area is 148 Å². The molecule has 3 aromatic rings. The average Bonchev–Trinajstić information content (AvgIpc) is 2.55. The molecule has 0 fully saturated rings. The summed E-state index contributed by atoms with van der Waals surface area (Å²) in [6.45, 7) is 0.281. The second kappa shape index (κ2) is 7.27. The average molecular weight is 364 g/mol. The van der Waals surface area contributed by atoms with Crippen molar-refractivity contribution in [3.8, 4) is 11.5 Å². The van der Waals surface area contributed by atoms with Gasteiger partial charge in [-0.05, 0) is 37.5 Å². The Kier molecular flexibility index (Phi) is 5.06. The first-order valence-corrected chi connectivity index (χ1v) is 8.34. The number of halogens is 3. The van der Waals surface area contributed by atoms with Gasteiger partial charge in [0.1, 0.15) is 11.5 Å². The lowest BCUT2D eigenvalue weighted by Gasteiger charge is -2.10. The van der Waals surface area contributed by atoms with E-state index >= 15 is 0 Å². The summed E-state index contributed by atoms with van der Waals surface area (Å²) in [6, 6.07) is 10.4. The number of benzene rings is 2. The van der Waals surface area contributed by atoms with E-state index < -0.39 is 12.6 Å². The zero-order valence-corrected chi connectivity index (χ0v) is 14.0. The smallest absolute Gasteiger partial charge is 0.389 e. The van der Waals surface area contributed by atoms with Crippen LogP contribution in [0.4, 0.5) is 18.9 Å². The maximum Gasteiger partial charge on any atom is 0.389 e. The van der Waals surface area contributed by atoms with Crippen LogP contribution in [0.2, 0.25) is 0 Å². The Morgan fingerprint density at radius 2 is 1.81 bits per heavy atom. The maximum absolute atomic E-state index is 12.1. The molecule has 1 heterocycles. The molecule has 0 aliphatic rings. The number of pyridine rings is 1. The van der Waals surface area contributed by atoms with Crippen molar-refractivity contribution < 1.29 is 23.0 Å². The molecule has 4 nitrogen and oxygen atoms in total. The molecule has 3 N–H and O–H groups in total. The number of nitrogens with zero attached hydrogens (tertiary/aromatic N) is 1. The van der Waals surface area contributed by atoms with E-state index in [0.29, 0.717) is 40.7 Å². The van der Waals surface area contributed by atoms with Crippen LogP contribution in [-0.4, -0.2) is 22.9 Å². The summed E-state index contributed by atoms with van der Waals surface area (Å²) in [5, 5.41) is 11.7. The number of fused-ring (bicyclic) bond motifs is 2. The van der Waals surface area contributed by atoms with Gasteiger partial charge in [-0.1, -0.05) is 6.07 Å². The highest BCUT2D eigenvalue weighted by molar-refractivity contribution is 5.97. The highest BCUT2D eigenvalue weighted by Gasteiger charge is 2.25. The molecule has 3 rings (SSSR count). The molecule has 0 aliphatic heterocycles. The van der Waals surface area contributed by atoms with Crippen molar-refractivity contribution in [2.45, 2.75) is 31.9 Å². The van der Waals surface area contributed by atoms with Crippen LogP contribution >= 0.6 is 0 Å². The van der Waals surface area contributed by atoms with E-state index in [1.807, 2.05) is 12.1 Å². The van der Waals surface area contributed by atoms with Crippen molar-refractivity contribution in [2.75, 3.05) is 12.3 Å². The van der Waals surface area contributed by atoms with Crippen molar-refractivity contribution >= 4 is 27.5 Å². The third kappa shape index (κ3) is 4.47. The number of nitrogens with two attached hydrogens (primary N) is 1. The number of nitrogen functional groups attached to an aromatic ring is 1. The highest BCUT2D eigenvalue weighted by atomic mass is 19.4. The molecule has 0 unspecified atom stereocenters. The lowest BCUT2D eigenvalue weighted by atomic mass is 10.1. The topological polar surface area (TPSA) is 68.4 Å². The standard InChI is InChI=1S/C19H19F3N2O2/c20-19(21,22)6-2-1-3-7-26-14-10-17-15(18(25)11-14)8-12-4-5-13(23)9-16(12)24-17/h4-5,8-11,25H,1-3,6-7,23H2. The second-order valence-electron chi connectivity index (χ2n) is 6.22. The fourth-order valence-corrected chi connectivity index (χ4v) is 2.78. The minimum atomic E-state index is -4.11. The van der Waals surface area contributed by atoms with Gasteiger partial charge < -0.3 is 15.6 Å². The van der Waals surface area contributed by atoms with Crippen molar-refractivity contribution in [1.29, 1.82) is 0 Å². The molecule has 1 aromatic heterocycles. The summed E-state index contributed by atoms with van der Waals surface area (Å²) in [4.78, 5) is 4.50. The van der Waals surface area contributed by atoms with Gasteiger partial charge in [-0.25, -0.2) is 4.98 Å². The quantitative estimate of drug-likeness (QED) is 0.359. The van der Waals surface area contributed by atoms with Crippen molar-refractivity contribution in [3.63, 3.8) is 0 Å². The van der Waals surface area contributed by atoms with E-state index in [0.717, 1.165) is 5.39 Å². The third-order valence-corrected chi connectivity index (χ3v) is 4.08. The number of phenols is 1. The number of anilines is 1. The molecule has 0 aliphatic carbocycles. The maximum atomic E-state index is 12.1. The molecular formula is C19H19F3N2O2. The first-order chi connectivity index (χ1) is 12.3. The molecule has 0 saturated heterocycles. The normalized spacial score (nSPS) is 12.0. The van der Waals surface area contributed by atoms with Gasteiger partial charge in [0.05, 0.1) is 17.6 Å². The minimum absolute atomic E-state index is 0.0424. The third-order valence-electron chi connectivity index (χ3n) is 4.08. The SMILES string of the molecule is Nc1ccc2cc3c(O)cc(OCCCCCC(F)(F)F)cc3nc2c1. The summed E-state index contributed by atoms with van der Waals surface area (Å²) in [5.41, 5.74) is 7.65. The van der Waals surface area contributed by atoms with Crippen LogP contribution in [0.1, 0.15) is 25.7 Å². The number of aromatic hydroxyl groups is 1. The van der Waals surface area contributed by atoms with Crippen LogP contribution in [0.25, 0.3) is 21.8 Å². The monoisotopic (exact) mass is 364 g/mol. The van der Waals surface area contributed by atoms with Crippen LogP contribution in [-0.2, 0) is 0 Å². The lowest BCUT2D eigenvalue weighted by Crippen LogP contribution is -2.06. The number of rotatable bonds is 6. The Morgan fingerprint density at radius 1 is 1.00 bits per heavy atom. The number of alkyl halides is 3. The Balaban J connectivity index is 1.68. The summed E-state index contributed by atoms with van der Waals surface area (Å²) in [7, 11) is 0. The molecule has 2 aromatic carbocycles. The van der Waals surface area contributed by atoms with E-state index in [1.165, 1.54) is 6.07 Å². The molecule has 26 heavy (non-hydrogen) atoms. The molecular weight excluding hydrogens is 345 g/mol. The second-order valence-corrected chi connectivity index (χ2v) is 6.22. The van der Waals surface area contributed by atoms with Gasteiger partial charge in [0, 0.05) is 35.0 Å². The first-order valence-electron chi connectivity index (χ1n) is 8.34. The van der Waals surface area contributed by atoms with Crippen molar-refractivity contribution in [2.24, 2.45) is 0 Å². The molecule has 0 atom stereocenters. The molecule has 0 bridgehead atoms. The fraction of sp³-hybridized carbons (Fsp3) is 0.316. The number of hydrogen-bond donors (Lipinski definition) is 2. The Bertz CT molecular complexity index is 926. The Morgan fingerprint density at radius 3 is 2.58 bits per heavy atom. The summed E-state index contributed by atoms with van der Waals surface area (Å²) in [6.07, 6.45) is -3.85. The molecule has 0 saturated carbocycles. The predicted octanol–water partition coefficient (Wildman–Crippen LogP) is 5.18. The van der Waals surface area contributed by atoms with Gasteiger partial charge >= 0.3 is 6.18 Å². The summed E-state index contributed by atoms with van der Waals surface area (Å²) < 4.78 is 41.8. The lowest BCUT2D eigenvalue weighted by molar-refractivity contribution is -0.135. The largest absolute Gasteiger partial charge is 0.507 e. The van der Waals surface area contributed by atoms with Crippen molar-refractivity contribution in [1.82, 2.24) is 4.98 Å². The predicted molar refractivity (Wildman–Crippen MR) is 95.3 cm³/mol. The zero-order chi connectivity index (χ0) is 18.7. The number of unbranched alkanes of at least 4 members (excludes halogenated alkanes) is 2. The highest BCUT2D eigenvalue weighted by Crippen LogP contribution is 2.32. The number of ether oxygens (including phenoxy) is 1. The molecule has 0 radical (unpaired) electrons. The number of hydrogen-bond acceptors (Lipinski definition) is 4. The molecule has 138 valence electrons. The van der Waals surface area contributed by atoms with Crippen LogP contribution in [0.15, 0.2) is 36.4 Å². The van der Waals surface area contributed by atoms with E-state index in [1.54, 1.807) is 18.2 Å². The molecule has 7 heteroatoms. The van der Waals surface area contributed by atoms with Gasteiger partial charge in [0.2, 0.25) is 0 Å². The van der Waals surface area contributed by atoms with Crippen LogP contribution in [0.3, 0.4) is 0 Å². The van der Waals surface area contributed by atoms with E-state index in [4.69, 9.17) is 10.5 Å². The first kappa shape index (κ1) is 18.1. The van der Waals surface area contributed by atoms with Gasteiger partial charge in [-0.2, -0.15) is 13.2 Å². The van der Waals surface area contributed by atoms with E-state index in [2.05, 4.69) is 4.98 Å². The van der Waals surface area contributed by atoms with Gasteiger partial charge in [0.25, 0.3) is 0 Å². The number of aromatic nitrogens is 1. The van der Waals surface area contributed by atoms with Gasteiger partial charge in [-0.3, -0.25) is 0 Å². The van der Waals surface area contributed by atoms with E-state index in [9.17, 15) is 18.3 Å². The van der Waals surface area contributed by atoms with Crippen molar-refractivity contribution in [3.05, 3.63) is 36.4 Å². The van der Waals surface area contributed by atoms with Crippen LogP contribution < -0.4 is 10.5 Å². The fourth-order valence-electron chi connectivity index (χ4n) is 2.78. The van der Waals surface area contributed by atoms with E-state index in [-0.39, 0.29) is 18.8 Å².